The molecule has 0 aliphatic rings. The number of benzene rings is 1. The van der Waals surface area contributed by atoms with E-state index in [1.165, 1.54) is 0 Å². The summed E-state index contributed by atoms with van der Waals surface area (Å²) in [5, 5.41) is 0. The van der Waals surface area contributed by atoms with Crippen molar-refractivity contribution in [3.8, 4) is 5.75 Å². The molecule has 0 radical (unpaired) electrons. The van der Waals surface area contributed by atoms with Gasteiger partial charge in [-0.3, -0.25) is 0 Å². The summed E-state index contributed by atoms with van der Waals surface area (Å²) in [5.74, 6) is 0.748. The molecular weight excluding hydrogens is 146 g/mol. The Hall–Kier alpha value is -0.830. The second kappa shape index (κ2) is 2.84. The lowest BCUT2D eigenvalue weighted by Crippen LogP contribution is -1.87. The molecule has 2 N–H and O–H groups in total. The van der Waals surface area contributed by atoms with Crippen molar-refractivity contribution < 1.29 is 4.74 Å². The first kappa shape index (κ1) is 7.28. The van der Waals surface area contributed by atoms with E-state index in [0.29, 0.717) is 5.69 Å². The molecule has 1 rings (SSSR count). The molecule has 1 aromatic rings. The Morgan fingerprint density at radius 3 is 2.70 bits per heavy atom. The van der Waals surface area contributed by atoms with Crippen LogP contribution in [0, 0.1) is 0 Å². The Bertz CT molecular complexity index is 237. The number of anilines is 1. The van der Waals surface area contributed by atoms with Crippen LogP contribution in [0.15, 0.2) is 23.1 Å². The highest BCUT2D eigenvalue weighted by Crippen LogP contribution is 2.23. The first-order valence-electron chi connectivity index (χ1n) is 2.86. The van der Waals surface area contributed by atoms with Crippen LogP contribution in [0.25, 0.3) is 0 Å². The van der Waals surface area contributed by atoms with E-state index in [-0.39, 0.29) is 0 Å². The van der Waals surface area contributed by atoms with Crippen molar-refractivity contribution in [1.82, 2.24) is 0 Å². The fraction of sp³-hybridized carbons (Fsp3) is 0.143. The molecule has 0 saturated carbocycles. The predicted octanol–water partition coefficient (Wildman–Crippen LogP) is 1.57. The fourth-order valence-corrected chi connectivity index (χ4v) is 1.02. The van der Waals surface area contributed by atoms with Crippen LogP contribution in [0.5, 0.6) is 5.75 Å². The number of hydrogen-bond acceptors (Lipinski definition) is 3. The van der Waals surface area contributed by atoms with Crippen molar-refractivity contribution in [1.29, 1.82) is 0 Å². The maximum Gasteiger partial charge on any atom is 0.132 e. The Morgan fingerprint density at radius 2 is 2.20 bits per heavy atom. The van der Waals surface area contributed by atoms with E-state index in [1.807, 2.05) is 0 Å². The highest BCUT2D eigenvalue weighted by molar-refractivity contribution is 7.80. The first-order chi connectivity index (χ1) is 4.74. The molecule has 54 valence electrons. The average molecular weight is 155 g/mol. The topological polar surface area (TPSA) is 35.2 Å². The lowest BCUT2D eigenvalue weighted by Gasteiger charge is -2.02. The largest absolute Gasteiger partial charge is 0.496 e. The molecule has 0 saturated heterocycles. The zero-order chi connectivity index (χ0) is 7.56. The Kier molecular flexibility index (Phi) is 2.06. The van der Waals surface area contributed by atoms with Crippen molar-refractivity contribution in [3.05, 3.63) is 18.2 Å². The van der Waals surface area contributed by atoms with Gasteiger partial charge < -0.3 is 10.5 Å². The van der Waals surface area contributed by atoms with Crippen LogP contribution in [-0.4, -0.2) is 7.11 Å². The van der Waals surface area contributed by atoms with E-state index >= 15 is 0 Å². The van der Waals surface area contributed by atoms with Crippen molar-refractivity contribution in [2.24, 2.45) is 0 Å². The van der Waals surface area contributed by atoms with Crippen LogP contribution in [0.4, 0.5) is 5.69 Å². The summed E-state index contributed by atoms with van der Waals surface area (Å²) in [5.41, 5.74) is 6.18. The number of nitrogen functional groups attached to an aromatic ring is 1. The molecule has 1 aromatic carbocycles. The van der Waals surface area contributed by atoms with Crippen molar-refractivity contribution in [2.45, 2.75) is 4.90 Å². The van der Waals surface area contributed by atoms with Gasteiger partial charge in [0, 0.05) is 10.6 Å². The van der Waals surface area contributed by atoms with Gasteiger partial charge in [-0.05, 0) is 18.2 Å². The third kappa shape index (κ3) is 1.36. The summed E-state index contributed by atoms with van der Waals surface area (Å²) in [6.45, 7) is 0. The Labute approximate surface area is 65.4 Å². The van der Waals surface area contributed by atoms with Crippen LogP contribution in [0.3, 0.4) is 0 Å². The number of hydrogen-bond donors (Lipinski definition) is 2. The van der Waals surface area contributed by atoms with Gasteiger partial charge in [0.25, 0.3) is 0 Å². The summed E-state index contributed by atoms with van der Waals surface area (Å²) in [6, 6.07) is 5.32. The van der Waals surface area contributed by atoms with E-state index in [0.717, 1.165) is 10.6 Å². The monoisotopic (exact) mass is 155 g/mol. The summed E-state index contributed by atoms with van der Waals surface area (Å²) in [4.78, 5) is 0.766. The average Bonchev–Trinajstić information content (AvgIpc) is 1.88. The fourth-order valence-electron chi connectivity index (χ4n) is 0.707. The molecule has 0 heterocycles. The van der Waals surface area contributed by atoms with Gasteiger partial charge in [-0.25, -0.2) is 0 Å². The number of rotatable bonds is 1. The molecule has 0 unspecified atom stereocenters. The minimum Gasteiger partial charge on any atom is -0.496 e. The molecule has 0 aliphatic carbocycles. The molecule has 0 bridgehead atoms. The third-order valence-electron chi connectivity index (χ3n) is 1.20. The van der Waals surface area contributed by atoms with E-state index in [9.17, 15) is 0 Å². The molecule has 2 nitrogen and oxygen atoms in total. The van der Waals surface area contributed by atoms with Gasteiger partial charge in [0.1, 0.15) is 5.75 Å². The normalized spacial score (nSPS) is 9.40. The van der Waals surface area contributed by atoms with Gasteiger partial charge in [0.05, 0.1) is 7.11 Å². The highest BCUT2D eigenvalue weighted by Gasteiger charge is 1.96. The van der Waals surface area contributed by atoms with Crippen LogP contribution in [0.2, 0.25) is 0 Å². The number of ether oxygens (including phenoxy) is 1. The van der Waals surface area contributed by atoms with Crippen LogP contribution in [-0.2, 0) is 0 Å². The van der Waals surface area contributed by atoms with E-state index < -0.39 is 0 Å². The summed E-state index contributed by atoms with van der Waals surface area (Å²) in [6.07, 6.45) is 0. The van der Waals surface area contributed by atoms with E-state index in [1.54, 1.807) is 25.3 Å². The minimum absolute atomic E-state index is 0.700. The van der Waals surface area contributed by atoms with Gasteiger partial charge in [-0.1, -0.05) is 0 Å². The van der Waals surface area contributed by atoms with Crippen molar-refractivity contribution in [2.75, 3.05) is 12.8 Å². The van der Waals surface area contributed by atoms with E-state index in [4.69, 9.17) is 10.5 Å². The van der Waals surface area contributed by atoms with Crippen LogP contribution >= 0.6 is 12.6 Å². The maximum absolute atomic E-state index is 5.48. The van der Waals surface area contributed by atoms with E-state index in [2.05, 4.69) is 12.6 Å². The quantitative estimate of drug-likeness (QED) is 0.477. The maximum atomic E-state index is 5.48. The Balaban J connectivity index is 3.07. The molecule has 10 heavy (non-hydrogen) atoms. The Morgan fingerprint density at radius 1 is 1.50 bits per heavy atom. The number of thiol groups is 1. The zero-order valence-electron chi connectivity index (χ0n) is 5.66. The smallest absolute Gasteiger partial charge is 0.132 e. The third-order valence-corrected chi connectivity index (χ3v) is 1.55. The lowest BCUT2D eigenvalue weighted by atomic mass is 10.3. The van der Waals surface area contributed by atoms with Crippen molar-refractivity contribution >= 4 is 18.3 Å². The predicted molar refractivity (Wildman–Crippen MR) is 44.7 cm³/mol. The van der Waals surface area contributed by atoms with Gasteiger partial charge in [0.2, 0.25) is 0 Å². The number of nitrogens with two attached hydrogens (primary N) is 1. The molecular formula is C7H9NOS. The molecule has 0 aliphatic heterocycles. The first-order valence-corrected chi connectivity index (χ1v) is 3.31. The molecule has 0 spiro atoms. The minimum atomic E-state index is 0.700. The molecule has 0 aromatic heterocycles. The van der Waals surface area contributed by atoms with Crippen LogP contribution in [0.1, 0.15) is 0 Å². The van der Waals surface area contributed by atoms with Gasteiger partial charge in [-0.2, -0.15) is 0 Å². The molecule has 3 heteroatoms. The van der Waals surface area contributed by atoms with Gasteiger partial charge >= 0.3 is 0 Å². The summed E-state index contributed by atoms with van der Waals surface area (Å²) in [7, 11) is 1.60. The number of methoxy groups -OCH3 is 1. The van der Waals surface area contributed by atoms with Gasteiger partial charge in [-0.15, -0.1) is 12.6 Å². The molecule has 0 amide bonds. The highest BCUT2D eigenvalue weighted by atomic mass is 32.1. The zero-order valence-corrected chi connectivity index (χ0v) is 6.56. The summed E-state index contributed by atoms with van der Waals surface area (Å²) < 4.78 is 4.97. The van der Waals surface area contributed by atoms with Gasteiger partial charge in [0.15, 0.2) is 0 Å². The molecule has 0 fully saturated rings. The lowest BCUT2D eigenvalue weighted by molar-refractivity contribution is 0.405. The van der Waals surface area contributed by atoms with Crippen LogP contribution < -0.4 is 10.5 Å². The van der Waals surface area contributed by atoms with Crippen molar-refractivity contribution in [3.63, 3.8) is 0 Å². The SMILES string of the molecule is COc1ccc(N)cc1S. The standard InChI is InChI=1S/C7H9NOS/c1-9-6-3-2-5(8)4-7(6)10/h2-4,10H,8H2,1H3. The second-order valence-corrected chi connectivity index (χ2v) is 2.41. The summed E-state index contributed by atoms with van der Waals surface area (Å²) >= 11 is 4.14. The second-order valence-electron chi connectivity index (χ2n) is 1.93. The molecule has 0 atom stereocenters.